The summed E-state index contributed by atoms with van der Waals surface area (Å²) in [7, 11) is 0. The molecular weight excluding hydrogens is 619 g/mol. The van der Waals surface area contributed by atoms with Crippen LogP contribution in [0.5, 0.6) is 0 Å². The van der Waals surface area contributed by atoms with E-state index in [0.717, 1.165) is 50.8 Å². The monoisotopic (exact) mass is 651 g/mol. The molecule has 1 aliphatic rings. The van der Waals surface area contributed by atoms with E-state index in [2.05, 4.69) is 193 Å². The predicted octanol–water partition coefficient (Wildman–Crippen LogP) is 14.1. The molecule has 0 bridgehead atoms. The lowest BCUT2D eigenvalue weighted by atomic mass is 9.95. The van der Waals surface area contributed by atoms with E-state index in [1.165, 1.54) is 49.2 Å². The summed E-state index contributed by atoms with van der Waals surface area (Å²) in [6.07, 6.45) is 12.0. The highest BCUT2D eigenvalue weighted by Gasteiger charge is 2.19. The van der Waals surface area contributed by atoms with Crippen molar-refractivity contribution in [3.63, 3.8) is 0 Å². The minimum absolute atomic E-state index is 0.868. The maximum absolute atomic E-state index is 6.81. The maximum atomic E-state index is 6.81. The summed E-state index contributed by atoms with van der Waals surface area (Å²) in [5.74, 6) is 0. The Kier molecular flexibility index (Phi) is 6.92. The smallest absolute Gasteiger partial charge is 0.143 e. The van der Waals surface area contributed by atoms with Crippen molar-refractivity contribution in [3.8, 4) is 11.1 Å². The summed E-state index contributed by atoms with van der Waals surface area (Å²) in [5.41, 5.74) is 9.83. The molecule has 0 saturated carbocycles. The first-order valence-electron chi connectivity index (χ1n) is 17.6. The minimum Gasteiger partial charge on any atom is -0.455 e. The molecule has 240 valence electrons. The van der Waals surface area contributed by atoms with E-state index in [-0.39, 0.29) is 0 Å². The molecule has 2 heteroatoms. The average molecular weight is 652 g/mol. The lowest BCUT2D eigenvalue weighted by Gasteiger charge is -2.26. The normalized spacial score (nSPS) is 13.0. The fraction of sp³-hybridized carbons (Fsp3) is 0.0204. The zero-order valence-electron chi connectivity index (χ0n) is 28.0. The maximum Gasteiger partial charge on any atom is 0.143 e. The molecular formula is C49H33NO. The molecule has 8 aromatic carbocycles. The van der Waals surface area contributed by atoms with Crippen molar-refractivity contribution in [2.45, 2.75) is 6.42 Å². The first-order valence-corrected chi connectivity index (χ1v) is 17.6. The van der Waals surface area contributed by atoms with Crippen LogP contribution in [0.2, 0.25) is 0 Å². The lowest BCUT2D eigenvalue weighted by molar-refractivity contribution is 0.672. The van der Waals surface area contributed by atoms with Gasteiger partial charge < -0.3 is 9.32 Å². The van der Waals surface area contributed by atoms with E-state index in [0.29, 0.717) is 0 Å². The molecule has 0 radical (unpaired) electrons. The van der Waals surface area contributed by atoms with Crippen LogP contribution in [0.25, 0.3) is 71.0 Å². The fourth-order valence-electron chi connectivity index (χ4n) is 7.74. The summed E-state index contributed by atoms with van der Waals surface area (Å²) < 4.78 is 6.81. The molecule has 9 aromatic rings. The van der Waals surface area contributed by atoms with Crippen LogP contribution in [0.3, 0.4) is 0 Å². The van der Waals surface area contributed by atoms with E-state index < -0.39 is 0 Å². The predicted molar refractivity (Wildman–Crippen MR) is 217 cm³/mol. The summed E-state index contributed by atoms with van der Waals surface area (Å²) >= 11 is 0. The van der Waals surface area contributed by atoms with E-state index in [9.17, 15) is 0 Å². The van der Waals surface area contributed by atoms with Gasteiger partial charge in [-0.1, -0.05) is 140 Å². The zero-order valence-corrected chi connectivity index (χ0v) is 28.0. The Labute approximate surface area is 296 Å². The quantitative estimate of drug-likeness (QED) is 0.172. The number of anilines is 3. The van der Waals surface area contributed by atoms with Gasteiger partial charge in [-0.3, -0.25) is 0 Å². The summed E-state index contributed by atoms with van der Waals surface area (Å²) in [6, 6.07) is 56.9. The third-order valence-electron chi connectivity index (χ3n) is 10.2. The molecule has 0 spiro atoms. The molecule has 1 aromatic heterocycles. The van der Waals surface area contributed by atoms with E-state index in [1.807, 2.05) is 0 Å². The van der Waals surface area contributed by atoms with Gasteiger partial charge in [0.1, 0.15) is 11.2 Å². The van der Waals surface area contributed by atoms with E-state index >= 15 is 0 Å². The highest BCUT2D eigenvalue weighted by molar-refractivity contribution is 6.18. The second-order valence-corrected chi connectivity index (χ2v) is 13.3. The number of benzene rings is 8. The van der Waals surface area contributed by atoms with Gasteiger partial charge in [0.2, 0.25) is 0 Å². The Bertz CT molecular complexity index is 2870. The van der Waals surface area contributed by atoms with Gasteiger partial charge in [-0.15, -0.1) is 0 Å². The second-order valence-electron chi connectivity index (χ2n) is 13.3. The standard InChI is InChI=1S/C49H33NO/c1-2-5-15-35(14-4-1)46-32-47-44-29-27-40(31-48(44)51-49(47)45-19-11-10-18-43(45)46)50(38-24-22-34(23-25-38)33-12-6-3-7-13-33)39-26-28-42-37(30-39)21-20-36-16-8-9-17-41(36)42/h1,3-32H,2H2. The molecule has 2 nitrogen and oxygen atoms in total. The van der Waals surface area contributed by atoms with Crippen molar-refractivity contribution in [1.82, 2.24) is 0 Å². The van der Waals surface area contributed by atoms with Crippen LogP contribution in [0.4, 0.5) is 17.1 Å². The van der Waals surface area contributed by atoms with Gasteiger partial charge in [-0.2, -0.15) is 0 Å². The van der Waals surface area contributed by atoms with Crippen molar-refractivity contribution in [2.24, 2.45) is 0 Å². The summed E-state index contributed by atoms with van der Waals surface area (Å²) in [4.78, 5) is 2.34. The number of rotatable bonds is 5. The van der Waals surface area contributed by atoms with Crippen molar-refractivity contribution in [1.29, 1.82) is 0 Å². The van der Waals surface area contributed by atoms with Crippen molar-refractivity contribution in [3.05, 3.63) is 194 Å². The van der Waals surface area contributed by atoms with Crippen LogP contribution < -0.4 is 4.90 Å². The van der Waals surface area contributed by atoms with Crippen LogP contribution in [0.15, 0.2) is 193 Å². The second kappa shape index (κ2) is 12.0. The Morgan fingerprint density at radius 1 is 0.451 bits per heavy atom. The first kappa shape index (κ1) is 29.3. The van der Waals surface area contributed by atoms with Gasteiger partial charge in [0.25, 0.3) is 0 Å². The SMILES string of the molecule is C1=CCC=CC(c2cc3c4ccc(N(c5ccc(-c6ccccc6)cc5)c5ccc6c(ccc7ccccc76)c5)cc4oc3c3ccccc23)=C1. The number of hydrogen-bond donors (Lipinski definition) is 0. The van der Waals surface area contributed by atoms with E-state index in [4.69, 9.17) is 4.42 Å². The lowest BCUT2D eigenvalue weighted by Crippen LogP contribution is -2.09. The minimum atomic E-state index is 0.868. The van der Waals surface area contributed by atoms with Crippen LogP contribution in [-0.2, 0) is 0 Å². The van der Waals surface area contributed by atoms with E-state index in [1.54, 1.807) is 0 Å². The van der Waals surface area contributed by atoms with Crippen molar-refractivity contribution >= 4 is 76.9 Å². The fourth-order valence-corrected chi connectivity index (χ4v) is 7.74. The molecule has 10 rings (SSSR count). The van der Waals surface area contributed by atoms with Crippen LogP contribution in [-0.4, -0.2) is 0 Å². The Balaban J connectivity index is 1.16. The van der Waals surface area contributed by atoms with Gasteiger partial charge in [0.05, 0.1) is 0 Å². The molecule has 0 unspecified atom stereocenters. The number of allylic oxidation sites excluding steroid dienone is 6. The van der Waals surface area contributed by atoms with Gasteiger partial charge in [-0.25, -0.2) is 0 Å². The summed E-state index contributed by atoms with van der Waals surface area (Å²) in [5, 5.41) is 9.53. The Morgan fingerprint density at radius 3 is 1.98 bits per heavy atom. The first-order chi connectivity index (χ1) is 25.3. The van der Waals surface area contributed by atoms with Gasteiger partial charge in [0.15, 0.2) is 0 Å². The molecule has 0 atom stereocenters. The third kappa shape index (κ3) is 5.04. The molecule has 0 amide bonds. The zero-order chi connectivity index (χ0) is 33.7. The average Bonchev–Trinajstić information content (AvgIpc) is 3.34. The number of fused-ring (bicyclic) bond motifs is 8. The Hall–Kier alpha value is -6.64. The molecule has 0 saturated heterocycles. The van der Waals surface area contributed by atoms with Gasteiger partial charge in [-0.05, 0) is 98.1 Å². The number of furan rings is 1. The molecule has 0 N–H and O–H groups in total. The topological polar surface area (TPSA) is 16.4 Å². The molecule has 1 aliphatic carbocycles. The number of nitrogens with zero attached hydrogens (tertiary/aromatic N) is 1. The number of hydrogen-bond acceptors (Lipinski definition) is 2. The molecule has 0 fully saturated rings. The van der Waals surface area contributed by atoms with Gasteiger partial charge >= 0.3 is 0 Å². The largest absolute Gasteiger partial charge is 0.455 e. The Morgan fingerprint density at radius 2 is 1.12 bits per heavy atom. The van der Waals surface area contributed by atoms with Gasteiger partial charge in [0, 0.05) is 39.3 Å². The third-order valence-corrected chi connectivity index (χ3v) is 10.2. The van der Waals surface area contributed by atoms with Crippen LogP contribution in [0, 0.1) is 0 Å². The highest BCUT2D eigenvalue weighted by Crippen LogP contribution is 2.43. The highest BCUT2D eigenvalue weighted by atomic mass is 16.3. The summed E-state index contributed by atoms with van der Waals surface area (Å²) in [6.45, 7) is 0. The van der Waals surface area contributed by atoms with Crippen molar-refractivity contribution < 1.29 is 4.42 Å². The molecule has 0 aliphatic heterocycles. The van der Waals surface area contributed by atoms with Crippen molar-refractivity contribution in [2.75, 3.05) is 4.90 Å². The van der Waals surface area contributed by atoms with Crippen LogP contribution in [0.1, 0.15) is 12.0 Å². The van der Waals surface area contributed by atoms with Crippen LogP contribution >= 0.6 is 0 Å². The molecule has 1 heterocycles. The molecule has 51 heavy (non-hydrogen) atoms.